The van der Waals surface area contributed by atoms with E-state index in [2.05, 4.69) is 71.0 Å². The highest BCUT2D eigenvalue weighted by molar-refractivity contribution is 5.79. The fraction of sp³-hybridized carbons (Fsp3) is 0.172. The molecule has 0 spiro atoms. The molecule has 0 aliphatic carbocycles. The standard InChI is InChI=1S/C29H27N3O/c33-28(19-31-29(23-13-5-2-6-14-23)27-17-9-10-18-30-27)32-20-24-15-7-8-16-25(24)26(21-32)22-11-3-1-4-12-22/h1-18,26,29,31H,19-21H2. The van der Waals surface area contributed by atoms with E-state index in [1.165, 1.54) is 16.7 Å². The Hall–Kier alpha value is -3.76. The molecule has 0 fully saturated rings. The zero-order valence-corrected chi connectivity index (χ0v) is 18.5. The molecule has 5 rings (SSSR count). The van der Waals surface area contributed by atoms with E-state index < -0.39 is 0 Å². The molecule has 1 aliphatic heterocycles. The van der Waals surface area contributed by atoms with E-state index in [0.717, 1.165) is 11.3 Å². The zero-order chi connectivity index (χ0) is 22.5. The first kappa shape index (κ1) is 21.1. The smallest absolute Gasteiger partial charge is 0.236 e. The lowest BCUT2D eigenvalue weighted by Gasteiger charge is -2.35. The molecule has 0 saturated carbocycles. The summed E-state index contributed by atoms with van der Waals surface area (Å²) in [5.41, 5.74) is 5.77. The number of hydrogen-bond donors (Lipinski definition) is 1. The Morgan fingerprint density at radius 1 is 0.879 bits per heavy atom. The number of benzene rings is 3. The van der Waals surface area contributed by atoms with Crippen LogP contribution in [0.5, 0.6) is 0 Å². The van der Waals surface area contributed by atoms with E-state index in [-0.39, 0.29) is 24.4 Å². The summed E-state index contributed by atoms with van der Waals surface area (Å²) in [7, 11) is 0. The predicted molar refractivity (Wildman–Crippen MR) is 131 cm³/mol. The van der Waals surface area contributed by atoms with Gasteiger partial charge in [-0.05, 0) is 34.4 Å². The summed E-state index contributed by atoms with van der Waals surface area (Å²) in [4.78, 5) is 19.9. The summed E-state index contributed by atoms with van der Waals surface area (Å²) in [6.45, 7) is 1.57. The van der Waals surface area contributed by atoms with E-state index in [9.17, 15) is 4.79 Å². The highest BCUT2D eigenvalue weighted by atomic mass is 16.2. The maximum absolute atomic E-state index is 13.4. The lowest BCUT2D eigenvalue weighted by Crippen LogP contribution is -2.43. The molecule has 2 heterocycles. The predicted octanol–water partition coefficient (Wildman–Crippen LogP) is 4.93. The van der Waals surface area contributed by atoms with Crippen molar-refractivity contribution in [3.8, 4) is 0 Å². The minimum atomic E-state index is -0.140. The van der Waals surface area contributed by atoms with Crippen LogP contribution in [0, 0.1) is 0 Å². The molecular formula is C29H27N3O. The highest BCUT2D eigenvalue weighted by Gasteiger charge is 2.29. The average molecular weight is 434 g/mol. The van der Waals surface area contributed by atoms with Crippen LogP contribution in [0.1, 0.15) is 39.9 Å². The van der Waals surface area contributed by atoms with Gasteiger partial charge in [0.05, 0.1) is 18.3 Å². The molecule has 4 nitrogen and oxygen atoms in total. The molecule has 1 aliphatic rings. The number of rotatable bonds is 6. The van der Waals surface area contributed by atoms with Crippen molar-refractivity contribution < 1.29 is 4.79 Å². The number of aromatic nitrogens is 1. The Kier molecular flexibility index (Phi) is 6.27. The van der Waals surface area contributed by atoms with Gasteiger partial charge in [-0.3, -0.25) is 15.1 Å². The van der Waals surface area contributed by atoms with Crippen LogP contribution in [-0.2, 0) is 11.3 Å². The third kappa shape index (κ3) is 4.71. The van der Waals surface area contributed by atoms with Gasteiger partial charge in [0.2, 0.25) is 5.91 Å². The largest absolute Gasteiger partial charge is 0.336 e. The first-order valence-electron chi connectivity index (χ1n) is 11.4. The Balaban J connectivity index is 1.36. The molecular weight excluding hydrogens is 406 g/mol. The molecule has 2 atom stereocenters. The minimum Gasteiger partial charge on any atom is -0.336 e. The number of carbonyl (C=O) groups excluding carboxylic acids is 1. The number of hydrogen-bond acceptors (Lipinski definition) is 3. The molecule has 164 valence electrons. The van der Waals surface area contributed by atoms with Crippen LogP contribution in [-0.4, -0.2) is 28.9 Å². The van der Waals surface area contributed by atoms with Crippen LogP contribution in [0.2, 0.25) is 0 Å². The lowest BCUT2D eigenvalue weighted by atomic mass is 9.84. The molecule has 33 heavy (non-hydrogen) atoms. The second-order valence-corrected chi connectivity index (χ2v) is 8.42. The summed E-state index contributed by atoms with van der Waals surface area (Å²) in [6.07, 6.45) is 1.79. The van der Waals surface area contributed by atoms with Gasteiger partial charge < -0.3 is 4.90 Å². The first-order valence-corrected chi connectivity index (χ1v) is 11.4. The maximum Gasteiger partial charge on any atom is 0.236 e. The van der Waals surface area contributed by atoms with Gasteiger partial charge in [-0.1, -0.05) is 91.0 Å². The molecule has 0 radical (unpaired) electrons. The number of nitrogens with zero attached hydrogens (tertiary/aromatic N) is 2. The minimum absolute atomic E-state index is 0.0993. The third-order valence-electron chi connectivity index (χ3n) is 6.32. The Labute approximate surface area is 194 Å². The van der Waals surface area contributed by atoms with Gasteiger partial charge in [-0.15, -0.1) is 0 Å². The van der Waals surface area contributed by atoms with Crippen molar-refractivity contribution in [1.29, 1.82) is 0 Å². The summed E-state index contributed by atoms with van der Waals surface area (Å²) in [5.74, 6) is 0.281. The fourth-order valence-corrected chi connectivity index (χ4v) is 4.65. The molecule has 1 amide bonds. The van der Waals surface area contributed by atoms with E-state index >= 15 is 0 Å². The summed E-state index contributed by atoms with van der Waals surface area (Å²) < 4.78 is 0. The van der Waals surface area contributed by atoms with Gasteiger partial charge in [0, 0.05) is 25.2 Å². The number of amides is 1. The van der Waals surface area contributed by atoms with Crippen molar-refractivity contribution in [2.24, 2.45) is 0 Å². The zero-order valence-electron chi connectivity index (χ0n) is 18.5. The summed E-state index contributed by atoms with van der Waals surface area (Å²) in [5, 5.41) is 3.47. The quantitative estimate of drug-likeness (QED) is 0.469. The van der Waals surface area contributed by atoms with Crippen molar-refractivity contribution in [3.63, 3.8) is 0 Å². The monoisotopic (exact) mass is 433 g/mol. The van der Waals surface area contributed by atoms with Crippen molar-refractivity contribution in [3.05, 3.63) is 137 Å². The van der Waals surface area contributed by atoms with Crippen molar-refractivity contribution in [2.75, 3.05) is 13.1 Å². The van der Waals surface area contributed by atoms with E-state index in [4.69, 9.17) is 0 Å². The maximum atomic E-state index is 13.4. The van der Waals surface area contributed by atoms with Crippen LogP contribution in [0.4, 0.5) is 0 Å². The Bertz CT molecular complexity index is 1160. The van der Waals surface area contributed by atoms with E-state index in [1.807, 2.05) is 47.4 Å². The van der Waals surface area contributed by atoms with E-state index in [0.29, 0.717) is 13.1 Å². The lowest BCUT2D eigenvalue weighted by molar-refractivity contribution is -0.131. The second-order valence-electron chi connectivity index (χ2n) is 8.42. The van der Waals surface area contributed by atoms with Gasteiger partial charge in [0.15, 0.2) is 0 Å². The molecule has 1 aromatic heterocycles. The Morgan fingerprint density at radius 3 is 2.33 bits per heavy atom. The normalized spacial score (nSPS) is 16.1. The van der Waals surface area contributed by atoms with Gasteiger partial charge in [0.25, 0.3) is 0 Å². The Morgan fingerprint density at radius 2 is 1.58 bits per heavy atom. The SMILES string of the molecule is O=C(CNC(c1ccccc1)c1ccccn1)N1Cc2ccccc2C(c2ccccc2)C1. The van der Waals surface area contributed by atoms with Crippen LogP contribution in [0.3, 0.4) is 0 Å². The molecule has 1 N–H and O–H groups in total. The average Bonchev–Trinajstić information content (AvgIpc) is 2.90. The first-order chi connectivity index (χ1) is 16.3. The highest BCUT2D eigenvalue weighted by Crippen LogP contribution is 2.33. The van der Waals surface area contributed by atoms with Crippen LogP contribution in [0.25, 0.3) is 0 Å². The third-order valence-corrected chi connectivity index (χ3v) is 6.32. The molecule has 4 aromatic rings. The molecule has 2 unspecified atom stereocenters. The van der Waals surface area contributed by atoms with Crippen LogP contribution in [0.15, 0.2) is 109 Å². The van der Waals surface area contributed by atoms with Crippen LogP contribution >= 0.6 is 0 Å². The van der Waals surface area contributed by atoms with Crippen molar-refractivity contribution >= 4 is 5.91 Å². The number of nitrogens with one attached hydrogen (secondary N) is 1. The topological polar surface area (TPSA) is 45.2 Å². The number of fused-ring (bicyclic) bond motifs is 1. The number of pyridine rings is 1. The molecule has 4 heteroatoms. The van der Waals surface area contributed by atoms with Gasteiger partial charge >= 0.3 is 0 Å². The summed E-state index contributed by atoms with van der Waals surface area (Å²) >= 11 is 0. The molecule has 0 bridgehead atoms. The van der Waals surface area contributed by atoms with Gasteiger partial charge in [-0.2, -0.15) is 0 Å². The second kappa shape index (κ2) is 9.80. The van der Waals surface area contributed by atoms with Crippen molar-refractivity contribution in [1.82, 2.24) is 15.2 Å². The van der Waals surface area contributed by atoms with Gasteiger partial charge in [0.1, 0.15) is 0 Å². The van der Waals surface area contributed by atoms with Crippen molar-refractivity contribution in [2.45, 2.75) is 18.5 Å². The molecule has 3 aromatic carbocycles. The summed E-state index contributed by atoms with van der Waals surface area (Å²) in [6, 6.07) is 34.9. The van der Waals surface area contributed by atoms with E-state index in [1.54, 1.807) is 6.20 Å². The number of carbonyl (C=O) groups is 1. The van der Waals surface area contributed by atoms with Crippen LogP contribution < -0.4 is 5.32 Å². The molecule has 0 saturated heterocycles. The van der Waals surface area contributed by atoms with Gasteiger partial charge in [-0.25, -0.2) is 0 Å². The fourth-order valence-electron chi connectivity index (χ4n) is 4.65.